The summed E-state index contributed by atoms with van der Waals surface area (Å²) in [7, 11) is 0. The van der Waals surface area contributed by atoms with E-state index in [-0.39, 0.29) is 11.8 Å². The molecule has 1 atom stereocenters. The first-order chi connectivity index (χ1) is 12.7. The second-order valence-electron chi connectivity index (χ2n) is 6.96. The SMILES string of the molecule is O=C(NC1CC1)c1cccc(NC(=O)c2ccn(C3CCCNC3)n2)c1. The fourth-order valence-electron chi connectivity index (χ4n) is 3.15. The standard InChI is InChI=1S/C19H23N5O2/c25-18(21-14-6-7-14)13-3-1-4-15(11-13)22-19(26)17-8-10-24(23-17)16-5-2-9-20-12-16/h1,3-4,8,10-11,14,16,20H,2,5-7,9,12H2,(H,21,25)(H,22,26). The van der Waals surface area contributed by atoms with Gasteiger partial charge in [0, 0.05) is 30.0 Å². The van der Waals surface area contributed by atoms with Crippen LogP contribution in [0.5, 0.6) is 0 Å². The molecule has 1 aromatic heterocycles. The van der Waals surface area contributed by atoms with E-state index in [9.17, 15) is 9.59 Å². The molecule has 136 valence electrons. The highest BCUT2D eigenvalue weighted by Crippen LogP contribution is 2.20. The molecular weight excluding hydrogens is 330 g/mol. The maximum Gasteiger partial charge on any atom is 0.276 e. The Morgan fingerprint density at radius 2 is 2.04 bits per heavy atom. The number of aromatic nitrogens is 2. The minimum absolute atomic E-state index is 0.0994. The molecule has 0 spiro atoms. The summed E-state index contributed by atoms with van der Waals surface area (Å²) >= 11 is 0. The Balaban J connectivity index is 1.41. The van der Waals surface area contributed by atoms with Crippen LogP contribution in [-0.4, -0.2) is 40.7 Å². The minimum Gasteiger partial charge on any atom is -0.349 e. The quantitative estimate of drug-likeness (QED) is 0.767. The van der Waals surface area contributed by atoms with E-state index in [0.717, 1.165) is 38.8 Å². The number of carbonyl (C=O) groups excluding carboxylic acids is 2. The molecule has 7 heteroatoms. The molecule has 7 nitrogen and oxygen atoms in total. The van der Waals surface area contributed by atoms with Gasteiger partial charge in [0.1, 0.15) is 0 Å². The van der Waals surface area contributed by atoms with Crippen LogP contribution in [0.15, 0.2) is 36.5 Å². The second-order valence-corrected chi connectivity index (χ2v) is 6.96. The first kappa shape index (κ1) is 16.8. The smallest absolute Gasteiger partial charge is 0.276 e. The maximum absolute atomic E-state index is 12.5. The molecule has 2 amide bonds. The zero-order valence-corrected chi connectivity index (χ0v) is 14.6. The summed E-state index contributed by atoms with van der Waals surface area (Å²) in [6, 6.07) is 9.31. The molecule has 1 aromatic carbocycles. The molecule has 2 heterocycles. The van der Waals surface area contributed by atoms with Gasteiger partial charge < -0.3 is 16.0 Å². The normalized spacial score (nSPS) is 19.8. The first-order valence-electron chi connectivity index (χ1n) is 9.17. The number of carbonyl (C=O) groups is 2. The monoisotopic (exact) mass is 353 g/mol. The third-order valence-electron chi connectivity index (χ3n) is 4.78. The lowest BCUT2D eigenvalue weighted by Gasteiger charge is -2.22. The van der Waals surface area contributed by atoms with Crippen LogP contribution in [0.4, 0.5) is 5.69 Å². The fraction of sp³-hybridized carbons (Fsp3) is 0.421. The van der Waals surface area contributed by atoms with Crippen molar-refractivity contribution in [2.75, 3.05) is 18.4 Å². The van der Waals surface area contributed by atoms with E-state index in [1.807, 2.05) is 10.9 Å². The van der Waals surface area contributed by atoms with Crippen LogP contribution < -0.4 is 16.0 Å². The molecule has 0 bridgehead atoms. The molecule has 4 rings (SSSR count). The summed E-state index contributed by atoms with van der Waals surface area (Å²) in [5.74, 6) is -0.370. The van der Waals surface area contributed by atoms with Crippen molar-refractivity contribution in [3.8, 4) is 0 Å². The summed E-state index contributed by atoms with van der Waals surface area (Å²) in [6.45, 7) is 1.91. The molecular formula is C19H23N5O2. The first-order valence-corrected chi connectivity index (χ1v) is 9.17. The highest BCUT2D eigenvalue weighted by molar-refractivity contribution is 6.03. The average Bonchev–Trinajstić information content (AvgIpc) is 3.34. The number of amides is 2. The van der Waals surface area contributed by atoms with E-state index in [0.29, 0.717) is 29.0 Å². The molecule has 1 saturated heterocycles. The van der Waals surface area contributed by atoms with Crippen molar-refractivity contribution in [3.63, 3.8) is 0 Å². The van der Waals surface area contributed by atoms with Gasteiger partial charge in [-0.15, -0.1) is 0 Å². The summed E-state index contributed by atoms with van der Waals surface area (Å²) in [5, 5.41) is 13.5. The average molecular weight is 353 g/mol. The van der Waals surface area contributed by atoms with Gasteiger partial charge in [0.15, 0.2) is 5.69 Å². The van der Waals surface area contributed by atoms with Crippen molar-refractivity contribution < 1.29 is 9.59 Å². The van der Waals surface area contributed by atoms with E-state index in [1.165, 1.54) is 0 Å². The number of nitrogens with zero attached hydrogens (tertiary/aromatic N) is 2. The largest absolute Gasteiger partial charge is 0.349 e. The van der Waals surface area contributed by atoms with Crippen LogP contribution in [-0.2, 0) is 0 Å². The van der Waals surface area contributed by atoms with Crippen LogP contribution in [0.1, 0.15) is 52.6 Å². The number of hydrogen-bond donors (Lipinski definition) is 3. The van der Waals surface area contributed by atoms with E-state index in [4.69, 9.17) is 0 Å². The van der Waals surface area contributed by atoms with Gasteiger partial charge in [-0.2, -0.15) is 5.10 Å². The van der Waals surface area contributed by atoms with Gasteiger partial charge in [-0.3, -0.25) is 14.3 Å². The zero-order valence-electron chi connectivity index (χ0n) is 14.6. The lowest BCUT2D eigenvalue weighted by Crippen LogP contribution is -2.32. The maximum atomic E-state index is 12.5. The molecule has 1 unspecified atom stereocenters. The molecule has 1 saturated carbocycles. The van der Waals surface area contributed by atoms with Crippen LogP contribution >= 0.6 is 0 Å². The molecule has 2 aliphatic rings. The number of nitrogens with one attached hydrogen (secondary N) is 3. The highest BCUT2D eigenvalue weighted by Gasteiger charge is 2.24. The minimum atomic E-state index is -0.271. The van der Waals surface area contributed by atoms with Crippen LogP contribution in [0.3, 0.4) is 0 Å². The fourth-order valence-corrected chi connectivity index (χ4v) is 3.15. The van der Waals surface area contributed by atoms with E-state index in [1.54, 1.807) is 30.3 Å². The molecule has 3 N–H and O–H groups in total. The van der Waals surface area contributed by atoms with Gasteiger partial charge in [-0.1, -0.05) is 6.07 Å². The third kappa shape index (κ3) is 3.94. The Morgan fingerprint density at radius 3 is 2.81 bits per heavy atom. The van der Waals surface area contributed by atoms with Crippen molar-refractivity contribution in [3.05, 3.63) is 47.8 Å². The van der Waals surface area contributed by atoms with Crippen LogP contribution in [0.2, 0.25) is 0 Å². The Labute approximate surface area is 152 Å². The number of anilines is 1. The molecule has 26 heavy (non-hydrogen) atoms. The zero-order chi connectivity index (χ0) is 17.9. The van der Waals surface area contributed by atoms with E-state index < -0.39 is 0 Å². The van der Waals surface area contributed by atoms with Crippen molar-refractivity contribution >= 4 is 17.5 Å². The summed E-state index contributed by atoms with van der Waals surface area (Å²) in [5.41, 5.74) is 1.52. The predicted molar refractivity (Wildman–Crippen MR) is 98.3 cm³/mol. The molecule has 1 aliphatic carbocycles. The van der Waals surface area contributed by atoms with Crippen molar-refractivity contribution in [1.29, 1.82) is 0 Å². The van der Waals surface area contributed by atoms with Gasteiger partial charge in [-0.25, -0.2) is 0 Å². The summed E-state index contributed by atoms with van der Waals surface area (Å²) in [6.07, 6.45) is 6.12. The Hall–Kier alpha value is -2.67. The van der Waals surface area contributed by atoms with E-state index in [2.05, 4.69) is 21.0 Å². The van der Waals surface area contributed by atoms with Gasteiger partial charge >= 0.3 is 0 Å². The number of benzene rings is 1. The van der Waals surface area contributed by atoms with Gasteiger partial charge in [0.2, 0.25) is 0 Å². The lowest BCUT2D eigenvalue weighted by molar-refractivity contribution is 0.0949. The Bertz CT molecular complexity index is 806. The number of hydrogen-bond acceptors (Lipinski definition) is 4. The van der Waals surface area contributed by atoms with Gasteiger partial charge in [0.25, 0.3) is 11.8 Å². The molecule has 2 aromatic rings. The van der Waals surface area contributed by atoms with Crippen LogP contribution in [0, 0.1) is 0 Å². The van der Waals surface area contributed by atoms with E-state index >= 15 is 0 Å². The van der Waals surface area contributed by atoms with Crippen LogP contribution in [0.25, 0.3) is 0 Å². The lowest BCUT2D eigenvalue weighted by atomic mass is 10.1. The summed E-state index contributed by atoms with van der Waals surface area (Å²) in [4.78, 5) is 24.6. The number of rotatable bonds is 5. The van der Waals surface area contributed by atoms with Gasteiger partial charge in [-0.05, 0) is 56.5 Å². The topological polar surface area (TPSA) is 88.0 Å². The predicted octanol–water partition coefficient (Wildman–Crippen LogP) is 1.95. The Morgan fingerprint density at radius 1 is 1.15 bits per heavy atom. The second kappa shape index (κ2) is 7.29. The third-order valence-corrected chi connectivity index (χ3v) is 4.78. The summed E-state index contributed by atoms with van der Waals surface area (Å²) < 4.78 is 1.86. The number of piperidine rings is 1. The van der Waals surface area contributed by atoms with Crippen molar-refractivity contribution in [1.82, 2.24) is 20.4 Å². The molecule has 2 fully saturated rings. The van der Waals surface area contributed by atoms with Crippen molar-refractivity contribution in [2.24, 2.45) is 0 Å². The molecule has 1 aliphatic heterocycles. The highest BCUT2D eigenvalue weighted by atomic mass is 16.2. The Kier molecular flexibility index (Phi) is 4.71. The van der Waals surface area contributed by atoms with Gasteiger partial charge in [0.05, 0.1) is 6.04 Å². The molecule has 0 radical (unpaired) electrons. The van der Waals surface area contributed by atoms with Crippen molar-refractivity contribution in [2.45, 2.75) is 37.8 Å².